The molecule has 1 rings (SSSR count). The van der Waals surface area contributed by atoms with Crippen LogP contribution in [0.5, 0.6) is 0 Å². The largest absolute Gasteiger partial charge is 0.0622 e. The van der Waals surface area contributed by atoms with Gasteiger partial charge in [-0.05, 0) is 35.5 Å². The smallest absolute Gasteiger partial charge is 0.0318 e. The predicted molar refractivity (Wildman–Crippen MR) is 55.1 cm³/mol. The first kappa shape index (κ1) is 10.1. The summed E-state index contributed by atoms with van der Waals surface area (Å²) in [6, 6.07) is 0. The maximum absolute atomic E-state index is 2.44. The average molecular weight is 168 g/mol. The van der Waals surface area contributed by atoms with Crippen LogP contribution in [-0.4, -0.2) is 0 Å². The van der Waals surface area contributed by atoms with Crippen LogP contribution in [0.3, 0.4) is 0 Å². The molecule has 0 amide bonds. The Balaban J connectivity index is 2.49. The van der Waals surface area contributed by atoms with Gasteiger partial charge in [0.25, 0.3) is 0 Å². The third-order valence-corrected chi connectivity index (χ3v) is 3.10. The summed E-state index contributed by atoms with van der Waals surface area (Å²) in [6.45, 7) is 14.3. The van der Waals surface area contributed by atoms with Crippen LogP contribution in [-0.2, 0) is 0 Å². The first-order valence-electron chi connectivity index (χ1n) is 5.22. The molecule has 0 bridgehead atoms. The highest BCUT2D eigenvalue weighted by atomic mass is 14.5. The molecule has 1 saturated carbocycles. The van der Waals surface area contributed by atoms with Gasteiger partial charge in [-0.2, -0.15) is 0 Å². The molecule has 1 aliphatic carbocycles. The summed E-state index contributed by atoms with van der Waals surface area (Å²) in [7, 11) is 0. The Labute approximate surface area is 77.7 Å². The van der Waals surface area contributed by atoms with Crippen molar-refractivity contribution < 1.29 is 0 Å². The van der Waals surface area contributed by atoms with Crippen molar-refractivity contribution in [3.8, 4) is 0 Å². The molecule has 0 aromatic rings. The predicted octanol–water partition coefficient (Wildman–Crippen LogP) is 4.10. The van der Waals surface area contributed by atoms with E-state index in [2.05, 4.69) is 41.5 Å². The van der Waals surface area contributed by atoms with Crippen LogP contribution < -0.4 is 0 Å². The minimum absolute atomic E-state index is 0.492. The summed E-state index contributed by atoms with van der Waals surface area (Å²) in [5, 5.41) is 0. The van der Waals surface area contributed by atoms with Crippen molar-refractivity contribution in [2.75, 3.05) is 0 Å². The minimum Gasteiger partial charge on any atom is -0.0622 e. The molecule has 0 aromatic carbocycles. The van der Waals surface area contributed by atoms with Crippen molar-refractivity contribution in [3.05, 3.63) is 0 Å². The average Bonchev–Trinajstić information content (AvgIpc) is 2.38. The molecular formula is C12H24. The van der Waals surface area contributed by atoms with E-state index in [-0.39, 0.29) is 0 Å². The van der Waals surface area contributed by atoms with Gasteiger partial charge in [0.2, 0.25) is 0 Å². The molecule has 0 N–H and O–H groups in total. The van der Waals surface area contributed by atoms with E-state index in [1.807, 2.05) is 0 Å². The molecule has 0 saturated heterocycles. The second-order valence-corrected chi connectivity index (χ2v) is 6.55. The lowest BCUT2D eigenvalue weighted by Gasteiger charge is -2.33. The molecule has 0 heteroatoms. The van der Waals surface area contributed by atoms with Crippen molar-refractivity contribution in [2.24, 2.45) is 22.7 Å². The van der Waals surface area contributed by atoms with E-state index in [1.165, 1.54) is 12.8 Å². The van der Waals surface area contributed by atoms with Gasteiger partial charge in [0.05, 0.1) is 0 Å². The lowest BCUT2D eigenvalue weighted by Crippen LogP contribution is -2.23. The SMILES string of the molecule is CC1CC1C(C)(C)CC(C)(C)C. The van der Waals surface area contributed by atoms with Gasteiger partial charge in [0.15, 0.2) is 0 Å². The van der Waals surface area contributed by atoms with Crippen molar-refractivity contribution >= 4 is 0 Å². The van der Waals surface area contributed by atoms with Gasteiger partial charge in [-0.25, -0.2) is 0 Å². The Kier molecular flexibility index (Phi) is 2.31. The van der Waals surface area contributed by atoms with E-state index < -0.39 is 0 Å². The fourth-order valence-corrected chi connectivity index (χ4v) is 2.91. The van der Waals surface area contributed by atoms with Crippen molar-refractivity contribution in [1.29, 1.82) is 0 Å². The Bertz CT molecular complexity index is 159. The molecule has 0 aliphatic heterocycles. The number of hydrogen-bond acceptors (Lipinski definition) is 0. The quantitative estimate of drug-likeness (QED) is 0.582. The van der Waals surface area contributed by atoms with Gasteiger partial charge in [0.1, 0.15) is 0 Å². The maximum Gasteiger partial charge on any atom is -0.0318 e. The van der Waals surface area contributed by atoms with E-state index in [9.17, 15) is 0 Å². The van der Waals surface area contributed by atoms with Crippen LogP contribution in [0.4, 0.5) is 0 Å². The van der Waals surface area contributed by atoms with Gasteiger partial charge in [-0.1, -0.05) is 41.5 Å². The summed E-state index contributed by atoms with van der Waals surface area (Å²) in [4.78, 5) is 0. The molecule has 2 atom stereocenters. The summed E-state index contributed by atoms with van der Waals surface area (Å²) in [6.07, 6.45) is 2.82. The minimum atomic E-state index is 0.492. The molecular weight excluding hydrogens is 144 g/mol. The molecule has 12 heavy (non-hydrogen) atoms. The van der Waals surface area contributed by atoms with Crippen LogP contribution in [0.1, 0.15) is 54.4 Å². The highest BCUT2D eigenvalue weighted by Gasteiger charge is 2.45. The molecule has 1 aliphatic rings. The fraction of sp³-hybridized carbons (Fsp3) is 1.00. The van der Waals surface area contributed by atoms with Gasteiger partial charge < -0.3 is 0 Å². The molecule has 1 fully saturated rings. The molecule has 0 nitrogen and oxygen atoms in total. The fourth-order valence-electron chi connectivity index (χ4n) is 2.91. The molecule has 0 radical (unpaired) electrons. The van der Waals surface area contributed by atoms with Crippen LogP contribution in [0.2, 0.25) is 0 Å². The Hall–Kier alpha value is 0. The normalized spacial score (nSPS) is 30.5. The zero-order valence-corrected chi connectivity index (χ0v) is 9.57. The third kappa shape index (κ3) is 2.50. The number of hydrogen-bond donors (Lipinski definition) is 0. The Morgan fingerprint density at radius 3 is 1.75 bits per heavy atom. The topological polar surface area (TPSA) is 0 Å². The number of rotatable bonds is 2. The van der Waals surface area contributed by atoms with Crippen LogP contribution in [0.25, 0.3) is 0 Å². The van der Waals surface area contributed by atoms with Gasteiger partial charge in [-0.15, -0.1) is 0 Å². The highest BCUT2D eigenvalue weighted by molar-refractivity contribution is 4.95. The Morgan fingerprint density at radius 1 is 1.08 bits per heavy atom. The summed E-state index contributed by atoms with van der Waals surface area (Å²) in [5.74, 6) is 1.99. The molecule has 0 spiro atoms. The van der Waals surface area contributed by atoms with Gasteiger partial charge in [-0.3, -0.25) is 0 Å². The van der Waals surface area contributed by atoms with E-state index in [0.717, 1.165) is 11.8 Å². The van der Waals surface area contributed by atoms with Crippen LogP contribution in [0, 0.1) is 22.7 Å². The zero-order valence-electron chi connectivity index (χ0n) is 9.57. The van der Waals surface area contributed by atoms with Gasteiger partial charge in [0, 0.05) is 0 Å². The third-order valence-electron chi connectivity index (χ3n) is 3.10. The molecule has 2 unspecified atom stereocenters. The van der Waals surface area contributed by atoms with Crippen LogP contribution >= 0.6 is 0 Å². The second-order valence-electron chi connectivity index (χ2n) is 6.55. The lowest BCUT2D eigenvalue weighted by molar-refractivity contribution is 0.177. The van der Waals surface area contributed by atoms with Crippen molar-refractivity contribution in [1.82, 2.24) is 0 Å². The first-order chi connectivity index (χ1) is 5.22. The second kappa shape index (κ2) is 2.75. The standard InChI is InChI=1S/C12H24/c1-9-7-10(9)12(5,6)8-11(2,3)4/h9-10H,7-8H2,1-6H3. The first-order valence-corrected chi connectivity index (χ1v) is 5.22. The highest BCUT2D eigenvalue weighted by Crippen LogP contribution is 2.54. The van der Waals surface area contributed by atoms with Gasteiger partial charge >= 0.3 is 0 Å². The monoisotopic (exact) mass is 168 g/mol. The molecule has 72 valence electrons. The van der Waals surface area contributed by atoms with E-state index in [0.29, 0.717) is 10.8 Å². The molecule has 0 aromatic heterocycles. The van der Waals surface area contributed by atoms with E-state index in [1.54, 1.807) is 0 Å². The maximum atomic E-state index is 2.44. The van der Waals surface area contributed by atoms with E-state index >= 15 is 0 Å². The summed E-state index contributed by atoms with van der Waals surface area (Å²) >= 11 is 0. The van der Waals surface area contributed by atoms with Crippen molar-refractivity contribution in [2.45, 2.75) is 54.4 Å². The van der Waals surface area contributed by atoms with Crippen LogP contribution in [0.15, 0.2) is 0 Å². The van der Waals surface area contributed by atoms with Crippen molar-refractivity contribution in [3.63, 3.8) is 0 Å². The lowest BCUT2D eigenvalue weighted by atomic mass is 9.73. The molecule has 0 heterocycles. The Morgan fingerprint density at radius 2 is 1.50 bits per heavy atom. The summed E-state index contributed by atoms with van der Waals surface area (Å²) < 4.78 is 0. The summed E-state index contributed by atoms with van der Waals surface area (Å²) in [5.41, 5.74) is 1.06. The van der Waals surface area contributed by atoms with E-state index in [4.69, 9.17) is 0 Å². The zero-order chi connectivity index (χ0) is 9.57.